The molecule has 0 atom stereocenters. The number of carbonyl (C=O) groups excluding carboxylic acids is 2. The van der Waals surface area contributed by atoms with Gasteiger partial charge < -0.3 is 15.2 Å². The van der Waals surface area contributed by atoms with Gasteiger partial charge in [0, 0.05) is 16.3 Å². The first-order valence-corrected chi connectivity index (χ1v) is 9.27. The summed E-state index contributed by atoms with van der Waals surface area (Å²) in [6, 6.07) is 9.86. The van der Waals surface area contributed by atoms with Crippen molar-refractivity contribution in [3.63, 3.8) is 0 Å². The van der Waals surface area contributed by atoms with Crippen LogP contribution < -0.4 is 15.5 Å². The van der Waals surface area contributed by atoms with E-state index in [2.05, 4.69) is 22.4 Å². The number of amides is 2. The molecule has 0 bridgehead atoms. The molecule has 2 aromatic rings. The van der Waals surface area contributed by atoms with Crippen molar-refractivity contribution < 1.29 is 19.4 Å². The molecule has 8 heteroatoms. The molecule has 0 saturated carbocycles. The van der Waals surface area contributed by atoms with Crippen LogP contribution in [0, 0.1) is 0 Å². The van der Waals surface area contributed by atoms with Gasteiger partial charge in [0.1, 0.15) is 6.42 Å². The monoisotopic (exact) mass is 415 g/mol. The molecule has 7 nitrogen and oxygen atoms in total. The zero-order valence-corrected chi connectivity index (χ0v) is 16.7. The second kappa shape index (κ2) is 10.9. The van der Waals surface area contributed by atoms with Crippen molar-refractivity contribution in [3.8, 4) is 11.5 Å². The molecule has 2 aromatic carbocycles. The van der Waals surface area contributed by atoms with E-state index in [0.717, 1.165) is 0 Å². The van der Waals surface area contributed by atoms with E-state index >= 15 is 0 Å². The first kappa shape index (κ1) is 22.0. The Morgan fingerprint density at radius 3 is 2.62 bits per heavy atom. The number of phenolic OH excluding ortho intramolecular Hbond substituents is 1. The lowest BCUT2D eigenvalue weighted by Gasteiger charge is -2.10. The fourth-order valence-electron chi connectivity index (χ4n) is 2.44. The second-order valence-electron chi connectivity index (χ2n) is 5.98. The Hall–Kier alpha value is -3.32. The maximum Gasteiger partial charge on any atom is 0.249 e. The minimum absolute atomic E-state index is 0.0480. The van der Waals surface area contributed by atoms with E-state index < -0.39 is 11.8 Å². The maximum atomic E-state index is 11.9. The van der Waals surface area contributed by atoms with Crippen molar-refractivity contribution in [2.45, 2.75) is 19.8 Å². The lowest BCUT2D eigenvalue weighted by molar-refractivity contribution is -0.126. The highest BCUT2D eigenvalue weighted by atomic mass is 35.5. The van der Waals surface area contributed by atoms with Crippen molar-refractivity contribution in [3.05, 3.63) is 65.2 Å². The number of allylic oxidation sites excluding steroid dienone is 1. The number of hydrazone groups is 1. The molecule has 0 aliphatic carbocycles. The number of carbonyl (C=O) groups is 2. The molecule has 0 fully saturated rings. The smallest absolute Gasteiger partial charge is 0.249 e. The van der Waals surface area contributed by atoms with Crippen LogP contribution in [-0.4, -0.2) is 29.7 Å². The summed E-state index contributed by atoms with van der Waals surface area (Å²) in [7, 11) is 0. The summed E-state index contributed by atoms with van der Waals surface area (Å²) in [5, 5.41) is 17.2. The van der Waals surface area contributed by atoms with E-state index in [1.54, 1.807) is 42.5 Å². The van der Waals surface area contributed by atoms with E-state index in [4.69, 9.17) is 16.3 Å². The number of rotatable bonds is 9. The van der Waals surface area contributed by atoms with E-state index in [-0.39, 0.29) is 12.2 Å². The van der Waals surface area contributed by atoms with Gasteiger partial charge in [-0.3, -0.25) is 9.59 Å². The van der Waals surface area contributed by atoms with Crippen LogP contribution >= 0.6 is 11.6 Å². The summed E-state index contributed by atoms with van der Waals surface area (Å²) >= 11 is 5.78. The number of halogens is 1. The van der Waals surface area contributed by atoms with Gasteiger partial charge in [-0.05, 0) is 55.3 Å². The Bertz CT molecular complexity index is 911. The normalized spacial score (nSPS) is 10.6. The fourth-order valence-corrected chi connectivity index (χ4v) is 2.57. The molecule has 0 saturated heterocycles. The molecule has 29 heavy (non-hydrogen) atoms. The number of nitrogens with zero attached hydrogens (tertiary/aromatic N) is 1. The number of phenols is 1. The number of hydrogen-bond donors (Lipinski definition) is 3. The zero-order valence-electron chi connectivity index (χ0n) is 15.9. The standard InChI is InChI=1S/C21H22ClN3O4/c1-3-5-15-10-14(11-18(21(15)28)29-4-2)13-23-25-20(27)12-19(26)24-17-8-6-16(22)7-9-17/h3,6-11,13,28H,1,4-5,12H2,2H3,(H,24,26)(H,25,27). The molecule has 0 heterocycles. The maximum absolute atomic E-state index is 11.9. The van der Waals surface area contributed by atoms with Crippen LogP contribution in [0.5, 0.6) is 11.5 Å². The van der Waals surface area contributed by atoms with Crippen LogP contribution in [0.3, 0.4) is 0 Å². The highest BCUT2D eigenvalue weighted by molar-refractivity contribution is 6.30. The third-order valence-corrected chi connectivity index (χ3v) is 3.94. The summed E-state index contributed by atoms with van der Waals surface area (Å²) in [5.41, 5.74) is 4.08. The Morgan fingerprint density at radius 1 is 1.24 bits per heavy atom. The molecule has 2 amide bonds. The number of anilines is 1. The first-order chi connectivity index (χ1) is 13.9. The average molecular weight is 416 g/mol. The zero-order chi connectivity index (χ0) is 21.2. The Balaban J connectivity index is 1.95. The summed E-state index contributed by atoms with van der Waals surface area (Å²) in [5.74, 6) is -0.673. The van der Waals surface area contributed by atoms with Gasteiger partial charge >= 0.3 is 0 Å². The molecular formula is C21H22ClN3O4. The molecule has 0 aliphatic rings. The van der Waals surface area contributed by atoms with Crippen LogP contribution in [-0.2, 0) is 16.0 Å². The molecule has 0 aromatic heterocycles. The lowest BCUT2D eigenvalue weighted by atomic mass is 10.1. The predicted molar refractivity (Wildman–Crippen MR) is 114 cm³/mol. The lowest BCUT2D eigenvalue weighted by Crippen LogP contribution is -2.24. The number of ether oxygens (including phenoxy) is 1. The first-order valence-electron chi connectivity index (χ1n) is 8.89. The molecule has 2 rings (SSSR count). The molecule has 0 aliphatic heterocycles. The molecule has 0 spiro atoms. The molecule has 0 radical (unpaired) electrons. The van der Waals surface area contributed by atoms with Gasteiger partial charge in [-0.15, -0.1) is 6.58 Å². The molecule has 3 N–H and O–H groups in total. The molecule has 0 unspecified atom stereocenters. The Labute approximate surface area is 174 Å². The predicted octanol–water partition coefficient (Wildman–Crippen LogP) is 3.65. The minimum atomic E-state index is -0.567. The fraction of sp³-hybridized carbons (Fsp3) is 0.190. The van der Waals surface area contributed by atoms with E-state index in [0.29, 0.717) is 40.6 Å². The summed E-state index contributed by atoms with van der Waals surface area (Å²) < 4.78 is 5.41. The van der Waals surface area contributed by atoms with Crippen LogP contribution in [0.2, 0.25) is 5.02 Å². The third kappa shape index (κ3) is 6.97. The molecule has 152 valence electrons. The second-order valence-corrected chi connectivity index (χ2v) is 6.41. The van der Waals surface area contributed by atoms with Crippen molar-refractivity contribution in [2.24, 2.45) is 5.10 Å². The van der Waals surface area contributed by atoms with Gasteiger partial charge in [-0.2, -0.15) is 5.10 Å². The minimum Gasteiger partial charge on any atom is -0.504 e. The van der Waals surface area contributed by atoms with E-state index in [9.17, 15) is 14.7 Å². The van der Waals surface area contributed by atoms with Gasteiger partial charge in [-0.25, -0.2) is 5.43 Å². The van der Waals surface area contributed by atoms with Gasteiger partial charge in [0.2, 0.25) is 11.8 Å². The van der Waals surface area contributed by atoms with Crippen LogP contribution in [0.25, 0.3) is 0 Å². The van der Waals surface area contributed by atoms with Crippen LogP contribution in [0.1, 0.15) is 24.5 Å². The van der Waals surface area contributed by atoms with Crippen molar-refractivity contribution in [2.75, 3.05) is 11.9 Å². The van der Waals surface area contributed by atoms with Crippen molar-refractivity contribution >= 4 is 35.3 Å². The third-order valence-electron chi connectivity index (χ3n) is 3.69. The topological polar surface area (TPSA) is 100 Å². The Kier molecular flexibility index (Phi) is 8.24. The summed E-state index contributed by atoms with van der Waals surface area (Å²) in [6.45, 7) is 5.86. The largest absolute Gasteiger partial charge is 0.504 e. The quantitative estimate of drug-likeness (QED) is 0.252. The van der Waals surface area contributed by atoms with E-state index in [1.165, 1.54) is 6.21 Å². The summed E-state index contributed by atoms with van der Waals surface area (Å²) in [4.78, 5) is 23.8. The number of aromatic hydroxyl groups is 1. The highest BCUT2D eigenvalue weighted by Crippen LogP contribution is 2.31. The number of nitrogens with one attached hydrogen (secondary N) is 2. The number of benzene rings is 2. The van der Waals surface area contributed by atoms with Gasteiger partial charge in [0.05, 0.1) is 12.8 Å². The van der Waals surface area contributed by atoms with Crippen LogP contribution in [0.15, 0.2) is 54.2 Å². The van der Waals surface area contributed by atoms with Crippen LogP contribution in [0.4, 0.5) is 5.69 Å². The van der Waals surface area contributed by atoms with Gasteiger partial charge in [0.25, 0.3) is 0 Å². The van der Waals surface area contributed by atoms with Gasteiger partial charge in [0.15, 0.2) is 11.5 Å². The van der Waals surface area contributed by atoms with Crippen molar-refractivity contribution in [1.82, 2.24) is 5.43 Å². The van der Waals surface area contributed by atoms with Gasteiger partial charge in [-0.1, -0.05) is 17.7 Å². The van der Waals surface area contributed by atoms with Crippen molar-refractivity contribution in [1.29, 1.82) is 0 Å². The number of hydrogen-bond acceptors (Lipinski definition) is 5. The highest BCUT2D eigenvalue weighted by Gasteiger charge is 2.11. The average Bonchev–Trinajstić information content (AvgIpc) is 2.67. The van der Waals surface area contributed by atoms with E-state index in [1.807, 2.05) is 6.92 Å². The molecular weight excluding hydrogens is 394 g/mol. The SMILES string of the molecule is C=CCc1cc(C=NNC(=O)CC(=O)Nc2ccc(Cl)cc2)cc(OCC)c1O. The Morgan fingerprint density at radius 2 is 1.97 bits per heavy atom. The summed E-state index contributed by atoms with van der Waals surface area (Å²) in [6.07, 6.45) is 3.13.